The third-order valence-electron chi connectivity index (χ3n) is 5.41. The van der Waals surface area contributed by atoms with E-state index < -0.39 is 7.12 Å². The summed E-state index contributed by atoms with van der Waals surface area (Å²) in [4.78, 5) is 11.3. The second-order valence-electron chi connectivity index (χ2n) is 7.88. The molecule has 2 aliphatic heterocycles. The highest BCUT2D eigenvalue weighted by Crippen LogP contribution is 2.36. The minimum atomic E-state index is -0.411. The van der Waals surface area contributed by atoms with E-state index in [4.69, 9.17) is 14.4 Å². The second-order valence-corrected chi connectivity index (χ2v) is 8.86. The van der Waals surface area contributed by atoms with Crippen LogP contribution in [0.2, 0.25) is 0 Å². The first-order valence-electron chi connectivity index (χ1n) is 8.94. The minimum absolute atomic E-state index is 0.239. The number of thioether (sulfide) groups is 1. The van der Waals surface area contributed by atoms with Crippen LogP contribution < -0.4 is 5.46 Å². The zero-order valence-electron chi connectivity index (χ0n) is 15.6. The number of hydrogen-bond acceptors (Lipinski definition) is 7. The molecule has 0 bridgehead atoms. The molecule has 2 saturated heterocycles. The Labute approximate surface area is 154 Å². The fraction of sp³-hybridized carbons (Fsp3) is 0.765. The summed E-state index contributed by atoms with van der Waals surface area (Å²) in [6, 6.07) is 0. The molecule has 0 radical (unpaired) electrons. The number of aliphatic hydroxyl groups excluding tert-OH is 1. The number of rotatable bonds is 6. The van der Waals surface area contributed by atoms with Gasteiger partial charge in [0.05, 0.1) is 17.8 Å². The average Bonchev–Trinajstić information content (AvgIpc) is 3.08. The Kier molecular flexibility index (Phi) is 5.75. The summed E-state index contributed by atoms with van der Waals surface area (Å²) in [5.74, 6) is 1.65. The van der Waals surface area contributed by atoms with E-state index in [0.29, 0.717) is 5.92 Å². The Morgan fingerprint density at radius 1 is 1.24 bits per heavy atom. The van der Waals surface area contributed by atoms with E-state index in [-0.39, 0.29) is 17.8 Å². The van der Waals surface area contributed by atoms with Crippen LogP contribution in [0.5, 0.6) is 0 Å². The van der Waals surface area contributed by atoms with E-state index >= 15 is 0 Å². The maximum absolute atomic E-state index is 9.01. The molecule has 0 aliphatic carbocycles. The van der Waals surface area contributed by atoms with Crippen molar-refractivity contribution < 1.29 is 14.4 Å². The van der Waals surface area contributed by atoms with Crippen molar-refractivity contribution in [2.24, 2.45) is 5.92 Å². The highest BCUT2D eigenvalue weighted by Gasteiger charge is 2.51. The number of aromatic nitrogens is 2. The Bertz CT molecular complexity index is 569. The van der Waals surface area contributed by atoms with Crippen molar-refractivity contribution in [1.29, 1.82) is 0 Å². The summed E-state index contributed by atoms with van der Waals surface area (Å²) >= 11 is 1.70. The first kappa shape index (κ1) is 19.1. The van der Waals surface area contributed by atoms with Crippen LogP contribution >= 0.6 is 11.8 Å². The van der Waals surface area contributed by atoms with Gasteiger partial charge in [0.2, 0.25) is 0 Å². The molecule has 3 rings (SSSR count). The van der Waals surface area contributed by atoms with Crippen LogP contribution in [0.15, 0.2) is 17.6 Å². The summed E-state index contributed by atoms with van der Waals surface area (Å²) in [5.41, 5.74) is 0.153. The van der Waals surface area contributed by atoms with Gasteiger partial charge in [0.1, 0.15) is 0 Å². The van der Waals surface area contributed by atoms with Crippen molar-refractivity contribution in [2.75, 3.05) is 32.0 Å². The Balaban J connectivity index is 1.52. The minimum Gasteiger partial charge on any atom is -0.399 e. The highest BCUT2D eigenvalue weighted by molar-refractivity contribution is 7.99. The molecule has 138 valence electrons. The molecule has 6 nitrogen and oxygen atoms in total. The van der Waals surface area contributed by atoms with Gasteiger partial charge in [-0.3, -0.25) is 0 Å². The largest absolute Gasteiger partial charge is 0.498 e. The van der Waals surface area contributed by atoms with Crippen LogP contribution in [-0.4, -0.2) is 70.3 Å². The van der Waals surface area contributed by atoms with E-state index in [9.17, 15) is 0 Å². The van der Waals surface area contributed by atoms with Crippen LogP contribution in [-0.2, 0) is 9.31 Å². The number of nitrogens with zero attached hydrogens (tertiary/aromatic N) is 3. The molecule has 1 atom stereocenters. The van der Waals surface area contributed by atoms with Gasteiger partial charge in [0, 0.05) is 36.7 Å². The summed E-state index contributed by atoms with van der Waals surface area (Å²) < 4.78 is 12.1. The molecule has 1 aromatic rings. The third-order valence-corrected chi connectivity index (χ3v) is 6.51. The molecule has 2 aliphatic rings. The Morgan fingerprint density at radius 3 is 2.48 bits per heavy atom. The van der Waals surface area contributed by atoms with Crippen LogP contribution in [0.1, 0.15) is 34.1 Å². The normalized spacial score (nSPS) is 25.6. The topological polar surface area (TPSA) is 67.7 Å². The lowest BCUT2D eigenvalue weighted by Gasteiger charge is -2.32. The molecule has 0 saturated carbocycles. The maximum atomic E-state index is 9.01. The van der Waals surface area contributed by atoms with Gasteiger partial charge < -0.3 is 19.3 Å². The Hall–Kier alpha value is -0.665. The summed E-state index contributed by atoms with van der Waals surface area (Å²) in [6.07, 6.45) is 4.80. The van der Waals surface area contributed by atoms with Gasteiger partial charge in [-0.25, -0.2) is 9.97 Å². The molecule has 8 heteroatoms. The molecule has 0 amide bonds. The molecule has 0 aromatic carbocycles. The van der Waals surface area contributed by atoms with Gasteiger partial charge in [-0.2, -0.15) is 0 Å². The second kappa shape index (κ2) is 7.52. The van der Waals surface area contributed by atoms with Gasteiger partial charge in [-0.15, -0.1) is 0 Å². The van der Waals surface area contributed by atoms with Gasteiger partial charge in [-0.1, -0.05) is 11.8 Å². The summed E-state index contributed by atoms with van der Waals surface area (Å²) in [6.45, 7) is 11.3. The number of β-amino-alcohol motifs (C(OH)–C–C–N with tert-alkyl or cyclic N) is 1. The Morgan fingerprint density at radius 2 is 1.88 bits per heavy atom. The quantitative estimate of drug-likeness (QED) is 0.461. The fourth-order valence-corrected chi connectivity index (χ4v) is 4.00. The lowest BCUT2D eigenvalue weighted by Crippen LogP contribution is -2.41. The molecular weight excluding hydrogens is 337 g/mol. The first-order valence-corrected chi connectivity index (χ1v) is 9.93. The van der Waals surface area contributed by atoms with E-state index in [1.807, 2.05) is 40.1 Å². The predicted octanol–water partition coefficient (Wildman–Crippen LogP) is 1.18. The third kappa shape index (κ3) is 4.36. The van der Waals surface area contributed by atoms with E-state index in [1.165, 1.54) is 6.42 Å². The fourth-order valence-electron chi connectivity index (χ4n) is 3.09. The number of hydrogen-bond donors (Lipinski definition) is 1. The van der Waals surface area contributed by atoms with Crippen molar-refractivity contribution in [3.8, 4) is 0 Å². The molecule has 3 heterocycles. The smallest absolute Gasteiger partial charge is 0.399 e. The van der Waals surface area contributed by atoms with Crippen molar-refractivity contribution in [3.05, 3.63) is 12.4 Å². The van der Waals surface area contributed by atoms with Crippen molar-refractivity contribution in [3.63, 3.8) is 0 Å². The molecule has 1 N–H and O–H groups in total. The molecule has 1 unspecified atom stereocenters. The van der Waals surface area contributed by atoms with Gasteiger partial charge in [-0.05, 0) is 46.6 Å². The summed E-state index contributed by atoms with van der Waals surface area (Å²) in [5, 5.41) is 9.81. The predicted molar refractivity (Wildman–Crippen MR) is 100 cm³/mol. The monoisotopic (exact) mass is 365 g/mol. The van der Waals surface area contributed by atoms with Crippen molar-refractivity contribution in [1.82, 2.24) is 14.9 Å². The van der Waals surface area contributed by atoms with E-state index in [0.717, 1.165) is 36.0 Å². The van der Waals surface area contributed by atoms with E-state index in [2.05, 4.69) is 14.9 Å². The standard InChI is InChI=1S/C17H28BN3O3S/c1-16(2)17(3,4)24-18(23-16)14-9-19-15(20-10-14)25-12-13-5-6-21(11-13)7-8-22/h9-10,13,22H,5-8,11-12H2,1-4H3. The zero-order chi connectivity index (χ0) is 18.1. The number of likely N-dealkylation sites (tertiary alicyclic amines) is 1. The highest BCUT2D eigenvalue weighted by atomic mass is 32.2. The lowest BCUT2D eigenvalue weighted by molar-refractivity contribution is 0.00578. The number of aliphatic hydroxyl groups is 1. The SMILES string of the molecule is CC1(C)OB(c2cnc(SCC3CCN(CCO)C3)nc2)OC1(C)C. The van der Waals surface area contributed by atoms with Crippen LogP contribution in [0, 0.1) is 5.92 Å². The van der Waals surface area contributed by atoms with Gasteiger partial charge in [0.25, 0.3) is 0 Å². The zero-order valence-corrected chi connectivity index (χ0v) is 16.4. The van der Waals surface area contributed by atoms with Gasteiger partial charge >= 0.3 is 7.12 Å². The molecular formula is C17H28BN3O3S. The molecule has 1 aromatic heterocycles. The van der Waals surface area contributed by atoms with Crippen LogP contribution in [0.25, 0.3) is 0 Å². The molecule has 0 spiro atoms. The van der Waals surface area contributed by atoms with Crippen LogP contribution in [0.3, 0.4) is 0 Å². The summed E-state index contributed by atoms with van der Waals surface area (Å²) in [7, 11) is -0.411. The van der Waals surface area contributed by atoms with Crippen LogP contribution in [0.4, 0.5) is 0 Å². The molecule has 2 fully saturated rings. The van der Waals surface area contributed by atoms with Crippen molar-refractivity contribution >= 4 is 24.3 Å². The maximum Gasteiger partial charge on any atom is 0.498 e. The van der Waals surface area contributed by atoms with Gasteiger partial charge in [0.15, 0.2) is 5.16 Å². The molecule has 25 heavy (non-hydrogen) atoms. The van der Waals surface area contributed by atoms with Crippen molar-refractivity contribution in [2.45, 2.75) is 50.5 Å². The average molecular weight is 365 g/mol. The lowest BCUT2D eigenvalue weighted by atomic mass is 9.81. The van der Waals surface area contributed by atoms with E-state index in [1.54, 1.807) is 11.8 Å². The first-order chi connectivity index (χ1) is 11.8.